The number of nitrogens with zero attached hydrogens (tertiary/aromatic N) is 2. The molecule has 1 unspecified atom stereocenters. The van der Waals surface area contributed by atoms with Gasteiger partial charge < -0.3 is 10.6 Å². The summed E-state index contributed by atoms with van der Waals surface area (Å²) in [5.74, 6) is 0.993. The maximum Gasteiger partial charge on any atom is 0.123 e. The zero-order valence-corrected chi connectivity index (χ0v) is 12.9. The largest absolute Gasteiger partial charge is 0.369 e. The fraction of sp³-hybridized carbons (Fsp3) is 0.600. The Bertz CT molecular complexity index is 391. The van der Waals surface area contributed by atoms with Crippen LogP contribution in [0.5, 0.6) is 0 Å². The Morgan fingerprint density at radius 3 is 2.40 bits per heavy atom. The number of thioether (sulfide) groups is 1. The van der Waals surface area contributed by atoms with E-state index in [1.165, 1.54) is 17.9 Å². The van der Waals surface area contributed by atoms with E-state index in [-0.39, 0.29) is 5.82 Å². The van der Waals surface area contributed by atoms with Crippen molar-refractivity contribution in [2.24, 2.45) is 5.73 Å². The molecule has 1 aliphatic heterocycles. The van der Waals surface area contributed by atoms with Gasteiger partial charge in [-0.1, -0.05) is 0 Å². The van der Waals surface area contributed by atoms with Crippen molar-refractivity contribution in [2.75, 3.05) is 49.6 Å². The summed E-state index contributed by atoms with van der Waals surface area (Å²) in [5.41, 5.74) is 7.01. The Labute approximate surface area is 125 Å². The van der Waals surface area contributed by atoms with E-state index in [0.29, 0.717) is 6.04 Å². The molecule has 1 heterocycles. The van der Waals surface area contributed by atoms with Crippen LogP contribution in [0.25, 0.3) is 0 Å². The van der Waals surface area contributed by atoms with Crippen LogP contribution in [-0.4, -0.2) is 55.7 Å². The van der Waals surface area contributed by atoms with Gasteiger partial charge in [-0.05, 0) is 42.7 Å². The van der Waals surface area contributed by atoms with Gasteiger partial charge in [0, 0.05) is 44.5 Å². The summed E-state index contributed by atoms with van der Waals surface area (Å²) in [6.07, 6.45) is 3.30. The second kappa shape index (κ2) is 7.86. The molecule has 1 fully saturated rings. The van der Waals surface area contributed by atoms with Crippen LogP contribution in [0.3, 0.4) is 0 Å². The first-order valence-electron chi connectivity index (χ1n) is 7.18. The Balaban J connectivity index is 1.86. The molecule has 5 heteroatoms. The van der Waals surface area contributed by atoms with Crippen LogP contribution in [0, 0.1) is 5.82 Å². The number of hydrogen-bond acceptors (Lipinski definition) is 4. The Morgan fingerprint density at radius 2 is 1.85 bits per heavy atom. The molecule has 1 saturated heterocycles. The van der Waals surface area contributed by atoms with Crippen LogP contribution in [0.2, 0.25) is 0 Å². The molecule has 1 aromatic rings. The van der Waals surface area contributed by atoms with Gasteiger partial charge in [0.2, 0.25) is 0 Å². The number of piperazine rings is 1. The molecule has 1 aromatic carbocycles. The third kappa shape index (κ3) is 4.11. The molecular weight excluding hydrogens is 273 g/mol. The van der Waals surface area contributed by atoms with E-state index < -0.39 is 0 Å². The highest BCUT2D eigenvalue weighted by Crippen LogP contribution is 2.18. The Kier molecular flexibility index (Phi) is 6.13. The lowest BCUT2D eigenvalue weighted by Crippen LogP contribution is -2.52. The molecular formula is C15H24FN3S. The van der Waals surface area contributed by atoms with Gasteiger partial charge in [0.1, 0.15) is 5.82 Å². The summed E-state index contributed by atoms with van der Waals surface area (Å²) in [5, 5.41) is 0. The summed E-state index contributed by atoms with van der Waals surface area (Å²) in [7, 11) is 0. The van der Waals surface area contributed by atoms with Gasteiger partial charge in [-0.2, -0.15) is 11.8 Å². The fourth-order valence-electron chi connectivity index (χ4n) is 2.70. The molecule has 0 radical (unpaired) electrons. The second-order valence-corrected chi connectivity index (χ2v) is 6.16. The molecule has 1 atom stereocenters. The highest BCUT2D eigenvalue weighted by Gasteiger charge is 2.22. The van der Waals surface area contributed by atoms with Crippen LogP contribution in [0.4, 0.5) is 10.1 Å². The topological polar surface area (TPSA) is 32.5 Å². The van der Waals surface area contributed by atoms with E-state index >= 15 is 0 Å². The van der Waals surface area contributed by atoms with Gasteiger partial charge in [-0.3, -0.25) is 4.90 Å². The lowest BCUT2D eigenvalue weighted by molar-refractivity contribution is 0.185. The van der Waals surface area contributed by atoms with Crippen molar-refractivity contribution < 1.29 is 4.39 Å². The van der Waals surface area contributed by atoms with E-state index in [1.54, 1.807) is 0 Å². The van der Waals surface area contributed by atoms with E-state index in [0.717, 1.165) is 44.8 Å². The molecule has 1 aliphatic rings. The predicted octanol–water partition coefficient (Wildman–Crippen LogP) is 2.03. The van der Waals surface area contributed by atoms with Crippen LogP contribution in [0.15, 0.2) is 24.3 Å². The Hall–Kier alpha value is -0.780. The molecule has 2 rings (SSSR count). The minimum absolute atomic E-state index is 0.173. The summed E-state index contributed by atoms with van der Waals surface area (Å²) in [6, 6.07) is 7.28. The van der Waals surface area contributed by atoms with Crippen molar-refractivity contribution in [3.8, 4) is 0 Å². The average Bonchev–Trinajstić information content (AvgIpc) is 2.49. The van der Waals surface area contributed by atoms with Crippen LogP contribution in [-0.2, 0) is 0 Å². The predicted molar refractivity (Wildman–Crippen MR) is 86.0 cm³/mol. The molecule has 0 amide bonds. The van der Waals surface area contributed by atoms with E-state index in [2.05, 4.69) is 16.1 Å². The fourth-order valence-corrected chi connectivity index (χ4v) is 3.21. The maximum absolute atomic E-state index is 12.9. The summed E-state index contributed by atoms with van der Waals surface area (Å²) in [4.78, 5) is 4.81. The quantitative estimate of drug-likeness (QED) is 0.871. The number of anilines is 1. The maximum atomic E-state index is 12.9. The van der Waals surface area contributed by atoms with Gasteiger partial charge in [-0.25, -0.2) is 4.39 Å². The normalized spacial score (nSPS) is 18.2. The molecule has 0 bridgehead atoms. The lowest BCUT2D eigenvalue weighted by atomic mass is 10.1. The zero-order valence-electron chi connectivity index (χ0n) is 12.1. The number of rotatable bonds is 6. The van der Waals surface area contributed by atoms with Gasteiger partial charge in [-0.15, -0.1) is 0 Å². The van der Waals surface area contributed by atoms with Crippen molar-refractivity contribution >= 4 is 17.4 Å². The molecule has 2 N–H and O–H groups in total. The van der Waals surface area contributed by atoms with Gasteiger partial charge in [0.15, 0.2) is 0 Å². The van der Waals surface area contributed by atoms with Crippen molar-refractivity contribution in [3.63, 3.8) is 0 Å². The minimum atomic E-state index is -0.173. The van der Waals surface area contributed by atoms with E-state index in [1.807, 2.05) is 23.9 Å². The Morgan fingerprint density at radius 1 is 1.20 bits per heavy atom. The van der Waals surface area contributed by atoms with Crippen LogP contribution >= 0.6 is 11.8 Å². The standard InChI is InChI=1S/C15H24FN3S/c1-20-11-6-15(12-17)19-9-7-18(8-10-19)14-4-2-13(16)3-5-14/h2-5,15H,6-12,17H2,1H3. The summed E-state index contributed by atoms with van der Waals surface area (Å²) >= 11 is 1.88. The third-order valence-corrected chi connectivity index (χ3v) is 4.59. The molecule has 3 nitrogen and oxygen atoms in total. The van der Waals surface area contributed by atoms with E-state index in [4.69, 9.17) is 5.73 Å². The van der Waals surface area contributed by atoms with Gasteiger partial charge in [0.25, 0.3) is 0 Å². The first-order valence-corrected chi connectivity index (χ1v) is 8.57. The monoisotopic (exact) mass is 297 g/mol. The van der Waals surface area contributed by atoms with Gasteiger partial charge >= 0.3 is 0 Å². The summed E-state index contributed by atoms with van der Waals surface area (Å²) in [6.45, 7) is 4.78. The third-order valence-electron chi connectivity index (χ3n) is 3.95. The number of halogens is 1. The SMILES string of the molecule is CSCCC(CN)N1CCN(c2ccc(F)cc2)CC1. The first-order chi connectivity index (χ1) is 9.74. The molecule has 0 spiro atoms. The average molecular weight is 297 g/mol. The number of hydrogen-bond donors (Lipinski definition) is 1. The molecule has 20 heavy (non-hydrogen) atoms. The van der Waals surface area contributed by atoms with Crippen molar-refractivity contribution in [1.29, 1.82) is 0 Å². The van der Waals surface area contributed by atoms with Crippen molar-refractivity contribution in [3.05, 3.63) is 30.1 Å². The highest BCUT2D eigenvalue weighted by molar-refractivity contribution is 7.98. The molecule has 0 aromatic heterocycles. The minimum Gasteiger partial charge on any atom is -0.369 e. The van der Waals surface area contributed by atoms with Crippen LogP contribution in [0.1, 0.15) is 6.42 Å². The number of nitrogens with two attached hydrogens (primary N) is 1. The molecule has 0 saturated carbocycles. The zero-order chi connectivity index (χ0) is 14.4. The molecule has 0 aliphatic carbocycles. The van der Waals surface area contributed by atoms with Crippen LogP contribution < -0.4 is 10.6 Å². The van der Waals surface area contributed by atoms with Gasteiger partial charge in [0.05, 0.1) is 0 Å². The van der Waals surface area contributed by atoms with E-state index in [9.17, 15) is 4.39 Å². The summed E-state index contributed by atoms with van der Waals surface area (Å²) < 4.78 is 12.9. The highest BCUT2D eigenvalue weighted by atomic mass is 32.2. The van der Waals surface area contributed by atoms with Crippen molar-refractivity contribution in [1.82, 2.24) is 4.90 Å². The second-order valence-electron chi connectivity index (χ2n) is 5.17. The van der Waals surface area contributed by atoms with Crippen molar-refractivity contribution in [2.45, 2.75) is 12.5 Å². The first kappa shape index (κ1) is 15.6. The lowest BCUT2D eigenvalue weighted by Gasteiger charge is -2.40. The number of benzene rings is 1. The smallest absolute Gasteiger partial charge is 0.123 e. The molecule has 112 valence electrons.